The SMILES string of the molecule is COC(=O)c1cc(N)ccc1C(C)O[Si](C)(C)C(C)(C)C. The highest BCUT2D eigenvalue weighted by molar-refractivity contribution is 6.74. The standard InChI is InChI=1S/C16H27NO3Si/c1-11(20-21(6,7)16(2,3)4)13-9-8-12(17)10-14(13)15(18)19-5/h8-11H,17H2,1-7H3. The molecular formula is C16H27NO3Si. The van der Waals surface area contributed by atoms with Crippen molar-refractivity contribution in [2.45, 2.75) is 51.9 Å². The van der Waals surface area contributed by atoms with Crippen LogP contribution in [0.15, 0.2) is 18.2 Å². The first kappa shape index (κ1) is 17.7. The van der Waals surface area contributed by atoms with Crippen LogP contribution in [0.3, 0.4) is 0 Å². The molecule has 1 unspecified atom stereocenters. The molecule has 1 aromatic rings. The molecule has 0 fully saturated rings. The topological polar surface area (TPSA) is 61.5 Å². The maximum Gasteiger partial charge on any atom is 0.338 e. The number of methoxy groups -OCH3 is 1. The van der Waals surface area contributed by atoms with Crippen molar-refractivity contribution in [1.29, 1.82) is 0 Å². The van der Waals surface area contributed by atoms with E-state index in [0.29, 0.717) is 11.3 Å². The zero-order valence-electron chi connectivity index (χ0n) is 14.1. The van der Waals surface area contributed by atoms with Gasteiger partial charge in [0.2, 0.25) is 0 Å². The molecule has 0 heterocycles. The third-order valence-electron chi connectivity index (χ3n) is 4.20. The fraction of sp³-hybridized carbons (Fsp3) is 0.562. The Morgan fingerprint density at radius 1 is 1.29 bits per heavy atom. The first-order valence-electron chi connectivity index (χ1n) is 7.15. The summed E-state index contributed by atoms with van der Waals surface area (Å²) in [5.74, 6) is -0.386. The van der Waals surface area contributed by atoms with Gasteiger partial charge in [-0.25, -0.2) is 4.79 Å². The quantitative estimate of drug-likeness (QED) is 0.516. The van der Waals surface area contributed by atoms with Crippen LogP contribution >= 0.6 is 0 Å². The summed E-state index contributed by atoms with van der Waals surface area (Å²) in [4.78, 5) is 11.9. The first-order chi connectivity index (χ1) is 9.49. The molecule has 118 valence electrons. The van der Waals surface area contributed by atoms with Gasteiger partial charge in [-0.15, -0.1) is 0 Å². The molecule has 1 atom stereocenters. The third-order valence-corrected chi connectivity index (χ3v) is 8.75. The number of nitrogens with two attached hydrogens (primary N) is 1. The maximum atomic E-state index is 11.9. The lowest BCUT2D eigenvalue weighted by molar-refractivity contribution is 0.0595. The fourth-order valence-electron chi connectivity index (χ4n) is 1.90. The molecule has 0 amide bonds. The number of anilines is 1. The molecule has 0 aliphatic rings. The summed E-state index contributed by atoms with van der Waals surface area (Å²) < 4.78 is 11.2. The highest BCUT2D eigenvalue weighted by Gasteiger charge is 2.39. The molecule has 0 spiro atoms. The van der Waals surface area contributed by atoms with Crippen molar-refractivity contribution in [2.75, 3.05) is 12.8 Å². The van der Waals surface area contributed by atoms with Gasteiger partial charge in [-0.2, -0.15) is 0 Å². The van der Waals surface area contributed by atoms with Crippen molar-refractivity contribution in [3.05, 3.63) is 29.3 Å². The van der Waals surface area contributed by atoms with E-state index in [2.05, 4.69) is 33.9 Å². The predicted octanol–water partition coefficient (Wildman–Crippen LogP) is 4.14. The normalized spacial score (nSPS) is 13.9. The Hall–Kier alpha value is -1.33. The lowest BCUT2D eigenvalue weighted by Gasteiger charge is -2.38. The van der Waals surface area contributed by atoms with Crippen LogP contribution in [0.1, 0.15) is 49.7 Å². The highest BCUT2D eigenvalue weighted by Crippen LogP contribution is 2.40. The van der Waals surface area contributed by atoms with Crippen LogP contribution in [0, 0.1) is 0 Å². The van der Waals surface area contributed by atoms with Crippen molar-refractivity contribution in [3.8, 4) is 0 Å². The van der Waals surface area contributed by atoms with E-state index in [1.807, 2.05) is 13.0 Å². The van der Waals surface area contributed by atoms with E-state index in [9.17, 15) is 4.79 Å². The second-order valence-corrected chi connectivity index (χ2v) is 11.6. The Morgan fingerprint density at radius 2 is 1.86 bits per heavy atom. The van der Waals surface area contributed by atoms with Gasteiger partial charge in [0.1, 0.15) is 0 Å². The average molecular weight is 309 g/mol. The van der Waals surface area contributed by atoms with E-state index >= 15 is 0 Å². The van der Waals surface area contributed by atoms with Crippen molar-refractivity contribution in [1.82, 2.24) is 0 Å². The fourth-order valence-corrected chi connectivity index (χ4v) is 3.26. The largest absolute Gasteiger partial charge is 0.465 e. The number of nitrogen functional groups attached to an aromatic ring is 1. The van der Waals surface area contributed by atoms with Crippen LogP contribution in [0.5, 0.6) is 0 Å². The third kappa shape index (κ3) is 4.08. The summed E-state index contributed by atoms with van der Waals surface area (Å²) in [6.45, 7) is 12.9. The molecule has 5 heteroatoms. The van der Waals surface area contributed by atoms with Crippen LogP contribution in [0.25, 0.3) is 0 Å². The molecule has 0 saturated carbocycles. The summed E-state index contributed by atoms with van der Waals surface area (Å²) in [6, 6.07) is 5.28. The summed E-state index contributed by atoms with van der Waals surface area (Å²) in [6.07, 6.45) is -0.180. The molecule has 1 rings (SSSR count). The van der Waals surface area contributed by atoms with Crippen molar-refractivity contribution >= 4 is 20.0 Å². The number of carbonyl (C=O) groups excluding carboxylic acids is 1. The predicted molar refractivity (Wildman–Crippen MR) is 88.9 cm³/mol. The minimum atomic E-state index is -1.92. The molecule has 2 N–H and O–H groups in total. The number of benzene rings is 1. The molecular weight excluding hydrogens is 282 g/mol. The molecule has 0 radical (unpaired) electrons. The van der Waals surface area contributed by atoms with Gasteiger partial charge in [-0.05, 0) is 42.8 Å². The van der Waals surface area contributed by atoms with E-state index < -0.39 is 8.32 Å². The Labute approximate surface area is 128 Å². The van der Waals surface area contributed by atoms with Crippen molar-refractivity contribution in [3.63, 3.8) is 0 Å². The Morgan fingerprint density at radius 3 is 2.33 bits per heavy atom. The van der Waals surface area contributed by atoms with Gasteiger partial charge in [0.15, 0.2) is 8.32 Å². The summed E-state index contributed by atoms with van der Waals surface area (Å²) >= 11 is 0. The van der Waals surface area contributed by atoms with Crippen LogP contribution in [-0.2, 0) is 9.16 Å². The Bertz CT molecular complexity index is 521. The van der Waals surface area contributed by atoms with Crippen LogP contribution in [-0.4, -0.2) is 21.4 Å². The lowest BCUT2D eigenvalue weighted by Crippen LogP contribution is -2.41. The summed E-state index contributed by atoms with van der Waals surface area (Å²) in [5, 5.41) is 0.112. The summed E-state index contributed by atoms with van der Waals surface area (Å²) in [5.41, 5.74) is 7.61. The van der Waals surface area contributed by atoms with E-state index in [1.54, 1.807) is 12.1 Å². The zero-order valence-corrected chi connectivity index (χ0v) is 15.1. The molecule has 21 heavy (non-hydrogen) atoms. The minimum Gasteiger partial charge on any atom is -0.465 e. The zero-order chi connectivity index (χ0) is 16.4. The smallest absolute Gasteiger partial charge is 0.338 e. The summed E-state index contributed by atoms with van der Waals surface area (Å²) in [7, 11) is -0.546. The van der Waals surface area contributed by atoms with Gasteiger partial charge in [-0.3, -0.25) is 0 Å². The number of esters is 1. The van der Waals surface area contributed by atoms with Crippen molar-refractivity contribution in [2.24, 2.45) is 0 Å². The van der Waals surface area contributed by atoms with Gasteiger partial charge in [-0.1, -0.05) is 26.8 Å². The average Bonchev–Trinajstić information content (AvgIpc) is 2.35. The second-order valence-electron chi connectivity index (χ2n) is 6.86. The second kappa shape index (κ2) is 6.20. The van der Waals surface area contributed by atoms with Crippen LogP contribution in [0.4, 0.5) is 5.69 Å². The maximum absolute atomic E-state index is 11.9. The van der Waals surface area contributed by atoms with E-state index in [0.717, 1.165) is 5.56 Å². The molecule has 0 saturated heterocycles. The van der Waals surface area contributed by atoms with Crippen LogP contribution < -0.4 is 5.73 Å². The van der Waals surface area contributed by atoms with Gasteiger partial charge in [0, 0.05) is 5.69 Å². The van der Waals surface area contributed by atoms with E-state index in [1.165, 1.54) is 7.11 Å². The lowest BCUT2D eigenvalue weighted by atomic mass is 10.0. The number of hydrogen-bond donors (Lipinski definition) is 1. The number of ether oxygens (including phenoxy) is 1. The Kier molecular flexibility index (Phi) is 5.23. The van der Waals surface area contributed by atoms with E-state index in [-0.39, 0.29) is 17.1 Å². The monoisotopic (exact) mass is 309 g/mol. The molecule has 0 aliphatic carbocycles. The van der Waals surface area contributed by atoms with Crippen molar-refractivity contribution < 1.29 is 14.0 Å². The molecule has 0 aromatic heterocycles. The molecule has 0 aliphatic heterocycles. The molecule has 4 nitrogen and oxygen atoms in total. The number of carbonyl (C=O) groups is 1. The highest BCUT2D eigenvalue weighted by atomic mass is 28.4. The molecule has 1 aromatic carbocycles. The number of hydrogen-bond acceptors (Lipinski definition) is 4. The minimum absolute atomic E-state index is 0.112. The van der Waals surface area contributed by atoms with Gasteiger partial charge in [0.25, 0.3) is 0 Å². The van der Waals surface area contributed by atoms with Gasteiger partial charge >= 0.3 is 5.97 Å². The Balaban J connectivity index is 3.14. The molecule has 0 bridgehead atoms. The number of rotatable bonds is 4. The van der Waals surface area contributed by atoms with E-state index in [4.69, 9.17) is 14.9 Å². The van der Waals surface area contributed by atoms with Crippen LogP contribution in [0.2, 0.25) is 18.1 Å². The first-order valence-corrected chi connectivity index (χ1v) is 10.1. The van der Waals surface area contributed by atoms with Gasteiger partial charge in [0.05, 0.1) is 18.8 Å². The van der Waals surface area contributed by atoms with Gasteiger partial charge < -0.3 is 14.9 Å².